The number of benzene rings is 1. The van der Waals surface area contributed by atoms with Crippen LogP contribution in [-0.4, -0.2) is 29.1 Å². The maximum Gasteiger partial charge on any atom is 0.123 e. The van der Waals surface area contributed by atoms with Gasteiger partial charge in [0.2, 0.25) is 0 Å². The molecule has 1 aromatic carbocycles. The summed E-state index contributed by atoms with van der Waals surface area (Å²) in [5.74, 6) is 0.360. The average Bonchev–Trinajstić information content (AvgIpc) is 2.96. The third-order valence-corrected chi connectivity index (χ3v) is 4.36. The Labute approximate surface area is 128 Å². The second-order valence-electron chi connectivity index (χ2n) is 6.69. The van der Waals surface area contributed by atoms with E-state index in [0.29, 0.717) is 23.9 Å². The smallest absolute Gasteiger partial charge is 0.123 e. The van der Waals surface area contributed by atoms with Crippen molar-refractivity contribution in [2.45, 2.75) is 58.1 Å². The Morgan fingerprint density at radius 2 is 2.00 bits per heavy atom. The first-order chi connectivity index (χ1) is 10.1. The molecule has 0 aromatic heterocycles. The summed E-state index contributed by atoms with van der Waals surface area (Å²) in [4.78, 5) is 2.53. The molecule has 118 valence electrons. The molecule has 1 aromatic rings. The lowest BCUT2D eigenvalue weighted by molar-refractivity contribution is 0.116. The van der Waals surface area contributed by atoms with Gasteiger partial charge in [0.25, 0.3) is 0 Å². The van der Waals surface area contributed by atoms with Gasteiger partial charge in [-0.3, -0.25) is 0 Å². The van der Waals surface area contributed by atoms with Crippen molar-refractivity contribution in [3.05, 3.63) is 35.6 Å². The molecule has 3 heteroatoms. The molecule has 0 radical (unpaired) electrons. The summed E-state index contributed by atoms with van der Waals surface area (Å²) < 4.78 is 13.2. The van der Waals surface area contributed by atoms with Crippen molar-refractivity contribution in [3.63, 3.8) is 0 Å². The van der Waals surface area contributed by atoms with Crippen LogP contribution in [0.1, 0.15) is 57.6 Å². The van der Waals surface area contributed by atoms with Gasteiger partial charge in [0.15, 0.2) is 0 Å². The van der Waals surface area contributed by atoms with Crippen LogP contribution in [0.25, 0.3) is 0 Å². The Morgan fingerprint density at radius 3 is 2.62 bits per heavy atom. The van der Waals surface area contributed by atoms with Crippen LogP contribution >= 0.6 is 0 Å². The third kappa shape index (κ3) is 5.08. The average molecular weight is 293 g/mol. The SMILES string of the molecule is CC(C)CN(CCC(O)c1cccc(F)c1)C1CCCC1. The Balaban J connectivity index is 1.90. The lowest BCUT2D eigenvalue weighted by Crippen LogP contribution is -2.37. The quantitative estimate of drug-likeness (QED) is 0.816. The molecule has 1 fully saturated rings. The van der Waals surface area contributed by atoms with Gasteiger partial charge in [0.1, 0.15) is 5.82 Å². The van der Waals surface area contributed by atoms with E-state index in [4.69, 9.17) is 0 Å². The predicted molar refractivity (Wildman–Crippen MR) is 84.6 cm³/mol. The first-order valence-electron chi connectivity index (χ1n) is 8.24. The molecule has 2 nitrogen and oxygen atoms in total. The second-order valence-corrected chi connectivity index (χ2v) is 6.69. The van der Waals surface area contributed by atoms with Crippen molar-refractivity contribution in [2.24, 2.45) is 5.92 Å². The second kappa shape index (κ2) is 7.90. The van der Waals surface area contributed by atoms with Gasteiger partial charge in [0, 0.05) is 19.1 Å². The van der Waals surface area contributed by atoms with E-state index >= 15 is 0 Å². The summed E-state index contributed by atoms with van der Waals surface area (Å²) in [6.45, 7) is 6.46. The monoisotopic (exact) mass is 293 g/mol. The number of aliphatic hydroxyl groups excluding tert-OH is 1. The number of hydrogen-bond acceptors (Lipinski definition) is 2. The highest BCUT2D eigenvalue weighted by molar-refractivity contribution is 5.18. The summed E-state index contributed by atoms with van der Waals surface area (Å²) in [5.41, 5.74) is 0.686. The molecule has 1 aliphatic rings. The minimum absolute atomic E-state index is 0.277. The fraction of sp³-hybridized carbons (Fsp3) is 0.667. The van der Waals surface area contributed by atoms with Crippen LogP contribution in [0.3, 0.4) is 0 Å². The van der Waals surface area contributed by atoms with E-state index in [9.17, 15) is 9.50 Å². The molecule has 2 rings (SSSR count). The number of aliphatic hydroxyl groups is 1. The van der Waals surface area contributed by atoms with E-state index in [2.05, 4.69) is 18.7 Å². The molecule has 0 aliphatic heterocycles. The highest BCUT2D eigenvalue weighted by atomic mass is 19.1. The molecule has 1 N–H and O–H groups in total. The minimum Gasteiger partial charge on any atom is -0.388 e. The van der Waals surface area contributed by atoms with Crippen LogP contribution in [0, 0.1) is 11.7 Å². The van der Waals surface area contributed by atoms with E-state index in [-0.39, 0.29) is 5.82 Å². The molecule has 1 aliphatic carbocycles. The van der Waals surface area contributed by atoms with Gasteiger partial charge in [-0.2, -0.15) is 0 Å². The highest BCUT2D eigenvalue weighted by Crippen LogP contribution is 2.26. The van der Waals surface area contributed by atoms with Crippen molar-refractivity contribution >= 4 is 0 Å². The summed E-state index contributed by atoms with van der Waals surface area (Å²) in [6.07, 6.45) is 5.31. The van der Waals surface area contributed by atoms with Gasteiger partial charge in [-0.05, 0) is 42.9 Å². The van der Waals surface area contributed by atoms with Gasteiger partial charge in [-0.15, -0.1) is 0 Å². The van der Waals surface area contributed by atoms with E-state index in [0.717, 1.165) is 13.1 Å². The minimum atomic E-state index is -0.572. The molecule has 1 saturated carbocycles. The largest absolute Gasteiger partial charge is 0.388 e. The number of hydrogen-bond donors (Lipinski definition) is 1. The Kier molecular flexibility index (Phi) is 6.19. The van der Waals surface area contributed by atoms with Crippen molar-refractivity contribution < 1.29 is 9.50 Å². The van der Waals surface area contributed by atoms with Crippen LogP contribution in [0.2, 0.25) is 0 Å². The summed E-state index contributed by atoms with van der Waals surface area (Å²) in [7, 11) is 0. The molecule has 0 saturated heterocycles. The maximum atomic E-state index is 13.2. The highest BCUT2D eigenvalue weighted by Gasteiger charge is 2.23. The Morgan fingerprint density at radius 1 is 1.29 bits per heavy atom. The molecular weight excluding hydrogens is 265 g/mol. The molecule has 0 spiro atoms. The van der Waals surface area contributed by atoms with E-state index in [1.165, 1.54) is 37.8 Å². The zero-order valence-corrected chi connectivity index (χ0v) is 13.3. The molecule has 0 bridgehead atoms. The Hall–Kier alpha value is -0.930. The van der Waals surface area contributed by atoms with E-state index < -0.39 is 6.10 Å². The van der Waals surface area contributed by atoms with Gasteiger partial charge < -0.3 is 10.0 Å². The Bertz CT molecular complexity index is 429. The van der Waals surface area contributed by atoms with Gasteiger partial charge in [-0.25, -0.2) is 4.39 Å². The molecule has 21 heavy (non-hydrogen) atoms. The predicted octanol–water partition coefficient (Wildman–Crippen LogP) is 4.15. The summed E-state index contributed by atoms with van der Waals surface area (Å²) in [5, 5.41) is 10.3. The number of rotatable bonds is 7. The van der Waals surface area contributed by atoms with Gasteiger partial charge in [0.05, 0.1) is 6.10 Å². The van der Waals surface area contributed by atoms with Crippen molar-refractivity contribution in [1.29, 1.82) is 0 Å². The fourth-order valence-electron chi connectivity index (χ4n) is 3.33. The number of halogens is 1. The van der Waals surface area contributed by atoms with E-state index in [1.807, 2.05) is 0 Å². The number of nitrogens with zero attached hydrogens (tertiary/aromatic N) is 1. The van der Waals surface area contributed by atoms with Crippen molar-refractivity contribution in [1.82, 2.24) is 4.90 Å². The van der Waals surface area contributed by atoms with Crippen LogP contribution in [0.15, 0.2) is 24.3 Å². The van der Waals surface area contributed by atoms with Crippen molar-refractivity contribution in [2.75, 3.05) is 13.1 Å². The molecule has 1 unspecified atom stereocenters. The zero-order chi connectivity index (χ0) is 15.2. The zero-order valence-electron chi connectivity index (χ0n) is 13.3. The molecule has 0 amide bonds. The van der Waals surface area contributed by atoms with Crippen molar-refractivity contribution in [3.8, 4) is 0 Å². The van der Waals surface area contributed by atoms with Crippen LogP contribution < -0.4 is 0 Å². The van der Waals surface area contributed by atoms with E-state index in [1.54, 1.807) is 12.1 Å². The fourth-order valence-corrected chi connectivity index (χ4v) is 3.33. The normalized spacial score (nSPS) is 17.8. The molecule has 1 atom stereocenters. The van der Waals surface area contributed by atoms with Crippen LogP contribution in [-0.2, 0) is 0 Å². The standard InChI is InChI=1S/C18H28FNO/c1-14(2)13-20(17-8-3-4-9-17)11-10-18(21)15-6-5-7-16(19)12-15/h5-7,12,14,17-18,21H,3-4,8-11,13H2,1-2H3. The lowest BCUT2D eigenvalue weighted by atomic mass is 10.0. The van der Waals surface area contributed by atoms with Gasteiger partial charge >= 0.3 is 0 Å². The lowest BCUT2D eigenvalue weighted by Gasteiger charge is -2.31. The topological polar surface area (TPSA) is 23.5 Å². The van der Waals surface area contributed by atoms with Crippen LogP contribution in [0.4, 0.5) is 4.39 Å². The third-order valence-electron chi connectivity index (χ3n) is 4.36. The summed E-state index contributed by atoms with van der Waals surface area (Å²) in [6, 6.07) is 6.99. The first kappa shape index (κ1) is 16.4. The molecule has 0 heterocycles. The molecular formula is C18H28FNO. The van der Waals surface area contributed by atoms with Gasteiger partial charge in [-0.1, -0.05) is 38.8 Å². The van der Waals surface area contributed by atoms with Crippen LogP contribution in [0.5, 0.6) is 0 Å². The first-order valence-corrected chi connectivity index (χ1v) is 8.24. The summed E-state index contributed by atoms with van der Waals surface area (Å²) >= 11 is 0. The maximum absolute atomic E-state index is 13.2.